The lowest BCUT2D eigenvalue weighted by atomic mass is 10.1. The van der Waals surface area contributed by atoms with Gasteiger partial charge in [0.05, 0.1) is 32.3 Å². The first-order valence-corrected chi connectivity index (χ1v) is 23.6. The first-order valence-electron chi connectivity index (χ1n) is 20.3. The lowest BCUT2D eigenvalue weighted by Gasteiger charge is -2.23. The smallest absolute Gasteiger partial charge is 0.261 e. The molecule has 9 heteroatoms. The zero-order valence-corrected chi connectivity index (χ0v) is 38.2. The van der Waals surface area contributed by atoms with Gasteiger partial charge in [-0.05, 0) is 97.3 Å². The highest BCUT2D eigenvalue weighted by Crippen LogP contribution is 2.50. The highest BCUT2D eigenvalue weighted by molar-refractivity contribution is 7.24. The number of carbonyl (C=O) groups excluding carboxylic acids is 2. The molecule has 6 heterocycles. The summed E-state index contributed by atoms with van der Waals surface area (Å²) in [6.45, 7) is 7.89. The molecule has 0 unspecified atom stereocenters. The quantitative estimate of drug-likeness (QED) is 0.145. The topological polar surface area (TPSA) is 43.9 Å². The lowest BCUT2D eigenvalue weighted by molar-refractivity contribution is -0.123. The zero-order chi connectivity index (χ0) is 43.2. The number of benzene rings is 4. The van der Waals surface area contributed by atoms with Gasteiger partial charge >= 0.3 is 0 Å². The van der Waals surface area contributed by atoms with Crippen LogP contribution in [0, 0.1) is 6.92 Å². The summed E-state index contributed by atoms with van der Waals surface area (Å²) in [6.07, 6.45) is 2.97. The number of aryl methyl sites for hydroxylation is 2. The number of hydrogen-bond donors (Lipinski definition) is 0. The predicted molar refractivity (Wildman–Crippen MR) is 266 cm³/mol. The van der Waals surface area contributed by atoms with E-state index in [2.05, 4.69) is 135 Å². The van der Waals surface area contributed by atoms with Gasteiger partial charge in [0.15, 0.2) is 0 Å². The van der Waals surface area contributed by atoms with Gasteiger partial charge in [0.2, 0.25) is 0 Å². The number of nitrogens with zero attached hydrogens (tertiary/aromatic N) is 3. The highest BCUT2D eigenvalue weighted by atomic mass is 32.1. The van der Waals surface area contributed by atoms with Gasteiger partial charge in [-0.2, -0.15) is 0 Å². The maximum absolute atomic E-state index is 13.8. The molecule has 2 amide bonds. The van der Waals surface area contributed by atoms with E-state index in [0.717, 1.165) is 47.2 Å². The molecule has 0 radical (unpaired) electrons. The number of likely N-dealkylation sites (N-methyl/N-ethyl adjacent to an activating group) is 2. The summed E-state index contributed by atoms with van der Waals surface area (Å²) in [7, 11) is 3.54. The molecule has 0 saturated carbocycles. The van der Waals surface area contributed by atoms with Crippen LogP contribution in [0.1, 0.15) is 32.7 Å². The Balaban J connectivity index is 0.000000277. The number of carbonyl (C=O) groups is 2. The maximum atomic E-state index is 13.8. The summed E-state index contributed by atoms with van der Waals surface area (Å²) in [6, 6.07) is 58.0. The molecule has 2 aliphatic heterocycles. The molecule has 0 spiro atoms. The molecule has 0 N–H and O–H groups in total. The van der Waals surface area contributed by atoms with Crippen molar-refractivity contribution in [3.63, 3.8) is 0 Å². The van der Waals surface area contributed by atoms with Crippen LogP contribution in [0.5, 0.6) is 0 Å². The van der Waals surface area contributed by atoms with Crippen molar-refractivity contribution in [2.45, 2.75) is 20.3 Å². The highest BCUT2D eigenvalue weighted by Gasteiger charge is 2.47. The number of thiophene rings is 4. The second kappa shape index (κ2) is 19.1. The van der Waals surface area contributed by atoms with Crippen molar-refractivity contribution in [2.24, 2.45) is 0 Å². The molecular formula is C53H45N3O2S4. The fourth-order valence-corrected chi connectivity index (χ4v) is 11.6. The van der Waals surface area contributed by atoms with E-state index < -0.39 is 0 Å². The van der Waals surface area contributed by atoms with Gasteiger partial charge in [0, 0.05) is 49.9 Å². The van der Waals surface area contributed by atoms with Gasteiger partial charge in [-0.1, -0.05) is 117 Å². The van der Waals surface area contributed by atoms with Crippen LogP contribution in [0.4, 0.5) is 16.4 Å². The minimum Gasteiger partial charge on any atom is -0.309 e. The Labute approximate surface area is 380 Å². The standard InChI is InChI=1S/C37H27N3O2S4.C8H10.C8H8/c1-22-14-15-25(43-22)26-16-18-29(44-26)34-32-33(37(42)38(34)2)35(39(3)36(32)41)30-19-17-27(45-30)28-20-21-31(46-28)40(23-10-6-4-7-11-23)24-12-8-5-9-13-24;2*1-2-8-6-4-3-5-7-8/h4-21H,1-3H3;3-7H,2H2,1H3;2-7H,1H2. The van der Waals surface area contributed by atoms with Crippen molar-refractivity contribution in [1.29, 1.82) is 0 Å². The molecule has 4 aromatic heterocycles. The van der Waals surface area contributed by atoms with Gasteiger partial charge in [-0.15, -0.1) is 45.3 Å². The Kier molecular flexibility index (Phi) is 13.1. The van der Waals surface area contributed by atoms with Gasteiger partial charge < -0.3 is 14.7 Å². The van der Waals surface area contributed by atoms with Crippen LogP contribution in [-0.2, 0) is 16.0 Å². The summed E-state index contributed by atoms with van der Waals surface area (Å²) in [5.41, 5.74) is 7.13. The largest absolute Gasteiger partial charge is 0.309 e. The van der Waals surface area contributed by atoms with Gasteiger partial charge in [0.1, 0.15) is 5.00 Å². The minimum atomic E-state index is -0.144. The molecule has 0 atom stereocenters. The van der Waals surface area contributed by atoms with Crippen molar-refractivity contribution >= 4 is 91.0 Å². The summed E-state index contributed by atoms with van der Waals surface area (Å²) in [5, 5.41) is 1.10. The summed E-state index contributed by atoms with van der Waals surface area (Å²) < 4.78 is 0. The molecule has 308 valence electrons. The second-order valence-corrected chi connectivity index (χ2v) is 19.0. The van der Waals surface area contributed by atoms with Gasteiger partial charge in [-0.3, -0.25) is 9.59 Å². The number of hydrogen-bond acceptors (Lipinski definition) is 7. The first kappa shape index (κ1) is 42.3. The molecular weight excluding hydrogens is 839 g/mol. The average Bonchev–Trinajstić information content (AvgIpc) is 4.20. The Hall–Kier alpha value is -6.36. The van der Waals surface area contributed by atoms with Crippen LogP contribution in [0.25, 0.3) is 37.0 Å². The summed E-state index contributed by atoms with van der Waals surface area (Å²) >= 11 is 6.69. The number of rotatable bonds is 9. The van der Waals surface area contributed by atoms with E-state index in [1.165, 1.54) is 20.9 Å². The van der Waals surface area contributed by atoms with Crippen molar-refractivity contribution in [1.82, 2.24) is 9.80 Å². The van der Waals surface area contributed by atoms with Crippen LogP contribution < -0.4 is 4.90 Å². The maximum Gasteiger partial charge on any atom is 0.261 e. The third-order valence-electron chi connectivity index (χ3n) is 10.5. The molecule has 62 heavy (non-hydrogen) atoms. The molecule has 4 aromatic carbocycles. The van der Waals surface area contributed by atoms with E-state index in [0.29, 0.717) is 22.5 Å². The van der Waals surface area contributed by atoms with Crippen LogP contribution >= 0.6 is 45.3 Å². The fraction of sp³-hybridized carbons (Fsp3) is 0.0943. The van der Waals surface area contributed by atoms with E-state index in [1.807, 2.05) is 66.7 Å². The van der Waals surface area contributed by atoms with E-state index in [1.54, 1.807) is 69.2 Å². The van der Waals surface area contributed by atoms with Crippen LogP contribution in [0.2, 0.25) is 0 Å². The Bertz CT molecular complexity index is 2850. The number of para-hydroxylation sites is 2. The van der Waals surface area contributed by atoms with Crippen molar-refractivity contribution in [3.8, 4) is 19.5 Å². The average molecular weight is 884 g/mol. The van der Waals surface area contributed by atoms with E-state index in [-0.39, 0.29) is 11.8 Å². The van der Waals surface area contributed by atoms with Gasteiger partial charge in [0.25, 0.3) is 11.8 Å². The van der Waals surface area contributed by atoms with E-state index in [9.17, 15) is 9.59 Å². The number of anilines is 3. The number of amides is 2. The SMILES string of the molecule is C=Cc1ccccc1.CCc1ccccc1.Cc1ccc(-c2ccc(C3=C4C(=O)N(C)C(c5ccc(-c6ccc(N(c7ccccc7)c7ccccc7)s6)s5)=C4C(=O)N3C)s2)s1. The molecule has 8 aromatic rings. The Morgan fingerprint density at radius 2 is 0.903 bits per heavy atom. The minimum absolute atomic E-state index is 0.144. The van der Waals surface area contributed by atoms with Crippen molar-refractivity contribution < 1.29 is 9.59 Å². The fourth-order valence-electron chi connectivity index (χ4n) is 7.31. The third kappa shape index (κ3) is 8.84. The predicted octanol–water partition coefficient (Wildman–Crippen LogP) is 14.7. The van der Waals surface area contributed by atoms with Crippen LogP contribution in [0.3, 0.4) is 0 Å². The Morgan fingerprint density at radius 1 is 0.500 bits per heavy atom. The molecule has 0 saturated heterocycles. The molecule has 5 nitrogen and oxygen atoms in total. The molecule has 2 aliphatic rings. The monoisotopic (exact) mass is 883 g/mol. The summed E-state index contributed by atoms with van der Waals surface area (Å²) in [5.74, 6) is -0.288. The normalized spacial score (nSPS) is 13.2. The zero-order valence-electron chi connectivity index (χ0n) is 34.9. The lowest BCUT2D eigenvalue weighted by Crippen LogP contribution is -2.24. The van der Waals surface area contributed by atoms with E-state index >= 15 is 0 Å². The first-order chi connectivity index (χ1) is 30.2. The molecule has 0 fully saturated rings. The Morgan fingerprint density at radius 3 is 1.32 bits per heavy atom. The number of fused-ring (bicyclic) bond motifs is 1. The molecule has 0 bridgehead atoms. The third-order valence-corrected chi connectivity index (χ3v) is 15.1. The summed E-state index contributed by atoms with van der Waals surface area (Å²) in [4.78, 5) is 40.8. The molecule has 10 rings (SSSR count). The van der Waals surface area contributed by atoms with Crippen LogP contribution in [0.15, 0.2) is 188 Å². The second-order valence-electron chi connectivity index (χ2n) is 14.5. The van der Waals surface area contributed by atoms with Crippen molar-refractivity contribution in [3.05, 3.63) is 213 Å². The van der Waals surface area contributed by atoms with E-state index in [4.69, 9.17) is 0 Å². The van der Waals surface area contributed by atoms with Crippen LogP contribution in [-0.4, -0.2) is 35.7 Å². The van der Waals surface area contributed by atoms with Crippen molar-refractivity contribution in [2.75, 3.05) is 19.0 Å². The van der Waals surface area contributed by atoms with Gasteiger partial charge in [-0.25, -0.2) is 0 Å². The molecule has 0 aliphatic carbocycles.